The number of nitrogens with two attached hydrogens (primary N) is 1. The summed E-state index contributed by atoms with van der Waals surface area (Å²) in [4.78, 5) is 18.0. The van der Waals surface area contributed by atoms with Crippen molar-refractivity contribution in [2.45, 2.75) is 13.3 Å². The molecular weight excluding hydrogens is 242 g/mol. The number of rotatable bonds is 4. The molecular formula is C14H17N3O2. The maximum absolute atomic E-state index is 12.3. The Labute approximate surface area is 112 Å². The first kappa shape index (κ1) is 13.3. The Morgan fingerprint density at radius 2 is 2.21 bits per heavy atom. The number of aryl methyl sites for hydroxylation is 1. The Morgan fingerprint density at radius 3 is 2.84 bits per heavy atom. The van der Waals surface area contributed by atoms with Crippen LogP contribution in [0.2, 0.25) is 0 Å². The maximum atomic E-state index is 12.3. The Kier molecular flexibility index (Phi) is 3.97. The van der Waals surface area contributed by atoms with E-state index in [-0.39, 0.29) is 5.91 Å². The summed E-state index contributed by atoms with van der Waals surface area (Å²) >= 11 is 0. The van der Waals surface area contributed by atoms with Gasteiger partial charge in [-0.1, -0.05) is 0 Å². The topological polar surface area (TPSA) is 72.4 Å². The van der Waals surface area contributed by atoms with Gasteiger partial charge in [-0.3, -0.25) is 14.7 Å². The number of hydrogen-bond acceptors (Lipinski definition) is 4. The van der Waals surface area contributed by atoms with E-state index in [1.54, 1.807) is 31.4 Å². The zero-order chi connectivity index (χ0) is 13.8. The monoisotopic (exact) mass is 259 g/mol. The standard InChI is InChI=1S/C14H17N3O2/c1-10-3-4-13(19-10)17(2)14(18)11-6-8-16-12(9-11)5-7-15/h3-4,6,8-9H,5,7,15H2,1-2H3. The first-order valence-corrected chi connectivity index (χ1v) is 6.11. The molecule has 0 fully saturated rings. The highest BCUT2D eigenvalue weighted by atomic mass is 16.4. The molecule has 100 valence electrons. The lowest BCUT2D eigenvalue weighted by Gasteiger charge is -2.14. The van der Waals surface area contributed by atoms with Crippen LogP contribution < -0.4 is 10.6 Å². The van der Waals surface area contributed by atoms with Gasteiger partial charge in [-0.05, 0) is 31.7 Å². The van der Waals surface area contributed by atoms with E-state index < -0.39 is 0 Å². The number of aromatic nitrogens is 1. The third-order valence-electron chi connectivity index (χ3n) is 2.83. The van der Waals surface area contributed by atoms with Crippen molar-refractivity contribution < 1.29 is 9.21 Å². The molecule has 0 aliphatic heterocycles. The van der Waals surface area contributed by atoms with Gasteiger partial charge in [0.25, 0.3) is 5.91 Å². The van der Waals surface area contributed by atoms with Crippen LogP contribution in [-0.4, -0.2) is 24.5 Å². The van der Waals surface area contributed by atoms with Gasteiger partial charge in [0.05, 0.1) is 0 Å². The molecule has 0 atom stereocenters. The molecule has 0 bridgehead atoms. The average molecular weight is 259 g/mol. The molecule has 0 aromatic carbocycles. The van der Waals surface area contributed by atoms with Crippen LogP contribution >= 0.6 is 0 Å². The molecule has 0 saturated carbocycles. The Bertz CT molecular complexity index is 578. The highest BCUT2D eigenvalue weighted by Gasteiger charge is 2.16. The average Bonchev–Trinajstić information content (AvgIpc) is 2.84. The van der Waals surface area contributed by atoms with Crippen LogP contribution in [0.5, 0.6) is 0 Å². The quantitative estimate of drug-likeness (QED) is 0.908. The third kappa shape index (κ3) is 3.00. The van der Waals surface area contributed by atoms with Crippen LogP contribution in [0.15, 0.2) is 34.9 Å². The highest BCUT2D eigenvalue weighted by Crippen LogP contribution is 2.18. The van der Waals surface area contributed by atoms with Crippen LogP contribution in [0.25, 0.3) is 0 Å². The number of furan rings is 1. The van der Waals surface area contributed by atoms with Gasteiger partial charge in [0, 0.05) is 37.0 Å². The van der Waals surface area contributed by atoms with E-state index in [9.17, 15) is 4.79 Å². The molecule has 2 heterocycles. The fourth-order valence-electron chi connectivity index (χ4n) is 1.79. The molecule has 0 radical (unpaired) electrons. The summed E-state index contributed by atoms with van der Waals surface area (Å²) in [5.74, 6) is 1.17. The predicted octanol–water partition coefficient (Wildman–Crippen LogP) is 1.76. The van der Waals surface area contributed by atoms with Crippen LogP contribution in [0.4, 0.5) is 5.88 Å². The fraction of sp³-hybridized carbons (Fsp3) is 0.286. The van der Waals surface area contributed by atoms with E-state index >= 15 is 0 Å². The minimum atomic E-state index is -0.130. The number of amides is 1. The van der Waals surface area contributed by atoms with Crippen molar-refractivity contribution in [3.8, 4) is 0 Å². The first-order valence-electron chi connectivity index (χ1n) is 6.11. The largest absolute Gasteiger partial charge is 0.445 e. The van der Waals surface area contributed by atoms with E-state index in [1.807, 2.05) is 13.0 Å². The second-order valence-electron chi connectivity index (χ2n) is 4.32. The van der Waals surface area contributed by atoms with Gasteiger partial charge in [-0.2, -0.15) is 0 Å². The zero-order valence-corrected chi connectivity index (χ0v) is 11.1. The molecule has 2 aromatic heterocycles. The summed E-state index contributed by atoms with van der Waals surface area (Å²) in [6, 6.07) is 7.05. The summed E-state index contributed by atoms with van der Waals surface area (Å²) in [5.41, 5.74) is 6.89. The second-order valence-corrected chi connectivity index (χ2v) is 4.32. The Hall–Kier alpha value is -2.14. The molecule has 0 saturated heterocycles. The lowest BCUT2D eigenvalue weighted by molar-refractivity contribution is 0.0988. The third-order valence-corrected chi connectivity index (χ3v) is 2.83. The molecule has 2 N–H and O–H groups in total. The molecule has 0 aliphatic rings. The first-order chi connectivity index (χ1) is 9.11. The van der Waals surface area contributed by atoms with Crippen molar-refractivity contribution in [2.24, 2.45) is 5.73 Å². The minimum absolute atomic E-state index is 0.130. The molecule has 2 rings (SSSR count). The summed E-state index contributed by atoms with van der Waals surface area (Å²) < 4.78 is 5.44. The molecule has 0 spiro atoms. The number of anilines is 1. The van der Waals surface area contributed by atoms with Crippen molar-refractivity contribution in [3.05, 3.63) is 47.5 Å². The smallest absolute Gasteiger partial charge is 0.260 e. The van der Waals surface area contributed by atoms with E-state index in [2.05, 4.69) is 4.98 Å². The SMILES string of the molecule is Cc1ccc(N(C)C(=O)c2ccnc(CCN)c2)o1. The maximum Gasteiger partial charge on any atom is 0.260 e. The summed E-state index contributed by atoms with van der Waals surface area (Å²) in [5, 5.41) is 0. The molecule has 0 aliphatic carbocycles. The number of nitrogens with zero attached hydrogens (tertiary/aromatic N) is 2. The van der Waals surface area contributed by atoms with E-state index in [0.717, 1.165) is 11.5 Å². The van der Waals surface area contributed by atoms with Crippen molar-refractivity contribution in [2.75, 3.05) is 18.5 Å². The number of carbonyl (C=O) groups is 1. The van der Waals surface area contributed by atoms with Gasteiger partial charge in [0.1, 0.15) is 5.76 Å². The van der Waals surface area contributed by atoms with Gasteiger partial charge >= 0.3 is 0 Å². The van der Waals surface area contributed by atoms with Crippen LogP contribution in [-0.2, 0) is 6.42 Å². The molecule has 0 unspecified atom stereocenters. The van der Waals surface area contributed by atoms with Gasteiger partial charge in [-0.25, -0.2) is 0 Å². The predicted molar refractivity (Wildman–Crippen MR) is 73.2 cm³/mol. The summed E-state index contributed by atoms with van der Waals surface area (Å²) in [6.07, 6.45) is 2.28. The molecule has 5 heteroatoms. The van der Waals surface area contributed by atoms with E-state index in [0.29, 0.717) is 24.4 Å². The Balaban J connectivity index is 2.21. The molecule has 1 amide bonds. The lowest BCUT2D eigenvalue weighted by atomic mass is 10.2. The number of hydrogen-bond donors (Lipinski definition) is 1. The van der Waals surface area contributed by atoms with Gasteiger partial charge in [0.2, 0.25) is 5.88 Å². The van der Waals surface area contributed by atoms with Gasteiger partial charge in [-0.15, -0.1) is 0 Å². The van der Waals surface area contributed by atoms with E-state index in [4.69, 9.17) is 10.2 Å². The van der Waals surface area contributed by atoms with Crippen LogP contribution in [0.3, 0.4) is 0 Å². The van der Waals surface area contributed by atoms with Crippen LogP contribution in [0, 0.1) is 6.92 Å². The van der Waals surface area contributed by atoms with E-state index in [1.165, 1.54) is 4.90 Å². The second kappa shape index (κ2) is 5.67. The van der Waals surface area contributed by atoms with Crippen molar-refractivity contribution in [3.63, 3.8) is 0 Å². The highest BCUT2D eigenvalue weighted by molar-refractivity contribution is 6.04. The lowest BCUT2D eigenvalue weighted by Crippen LogP contribution is -2.26. The van der Waals surface area contributed by atoms with Gasteiger partial charge in [0.15, 0.2) is 0 Å². The summed E-state index contributed by atoms with van der Waals surface area (Å²) in [6.45, 7) is 2.35. The van der Waals surface area contributed by atoms with Gasteiger partial charge < -0.3 is 10.2 Å². The Morgan fingerprint density at radius 1 is 1.42 bits per heavy atom. The molecule has 5 nitrogen and oxygen atoms in total. The van der Waals surface area contributed by atoms with Crippen LogP contribution in [0.1, 0.15) is 21.8 Å². The number of carbonyl (C=O) groups excluding carboxylic acids is 1. The van der Waals surface area contributed by atoms with Crippen molar-refractivity contribution >= 4 is 11.8 Å². The van der Waals surface area contributed by atoms with Crippen molar-refractivity contribution in [1.82, 2.24) is 4.98 Å². The number of pyridine rings is 1. The fourth-order valence-corrected chi connectivity index (χ4v) is 1.79. The normalized spacial score (nSPS) is 10.5. The van der Waals surface area contributed by atoms with Crippen molar-refractivity contribution in [1.29, 1.82) is 0 Å². The zero-order valence-electron chi connectivity index (χ0n) is 11.1. The minimum Gasteiger partial charge on any atom is -0.445 e. The summed E-state index contributed by atoms with van der Waals surface area (Å²) in [7, 11) is 1.68. The molecule has 2 aromatic rings. The molecule has 19 heavy (non-hydrogen) atoms.